The number of hydrogen-bond acceptors (Lipinski definition) is 4. The normalized spacial score (nSPS) is 10.4. The zero-order valence-electron chi connectivity index (χ0n) is 7.67. The molecule has 0 radical (unpaired) electrons. The van der Waals surface area contributed by atoms with Gasteiger partial charge in [0, 0.05) is 0 Å². The van der Waals surface area contributed by atoms with Crippen molar-refractivity contribution in [2.45, 2.75) is 9.96 Å². The van der Waals surface area contributed by atoms with E-state index >= 15 is 0 Å². The quantitative estimate of drug-likeness (QED) is 0.833. The van der Waals surface area contributed by atoms with Crippen molar-refractivity contribution in [3.8, 4) is 0 Å². The number of thioether (sulfide) groups is 1. The highest BCUT2D eigenvalue weighted by Gasteiger charge is 2.08. The summed E-state index contributed by atoms with van der Waals surface area (Å²) in [4.78, 5) is 10.5. The second kappa shape index (κ2) is 4.55. The van der Waals surface area contributed by atoms with Crippen molar-refractivity contribution in [1.29, 1.82) is 0 Å². The lowest BCUT2D eigenvalue weighted by Crippen LogP contribution is -1.91. The molecular formula is C10H8O3S2. The lowest BCUT2D eigenvalue weighted by Gasteiger charge is -1.94. The van der Waals surface area contributed by atoms with Crippen molar-refractivity contribution in [1.82, 2.24) is 0 Å². The minimum Gasteiger partial charge on any atom is -0.475 e. The molecule has 0 saturated heterocycles. The van der Waals surface area contributed by atoms with Crippen molar-refractivity contribution in [2.75, 3.05) is 0 Å². The maximum atomic E-state index is 10.5. The van der Waals surface area contributed by atoms with E-state index in [1.807, 2.05) is 17.5 Å². The summed E-state index contributed by atoms with van der Waals surface area (Å²) in [7, 11) is 0. The molecule has 3 nitrogen and oxygen atoms in total. The molecule has 0 saturated carbocycles. The summed E-state index contributed by atoms with van der Waals surface area (Å²) in [6.45, 7) is 0. The van der Waals surface area contributed by atoms with Crippen molar-refractivity contribution < 1.29 is 14.3 Å². The molecule has 0 spiro atoms. The van der Waals surface area contributed by atoms with Crippen LogP contribution < -0.4 is 0 Å². The van der Waals surface area contributed by atoms with E-state index in [2.05, 4.69) is 0 Å². The fourth-order valence-corrected chi connectivity index (χ4v) is 2.74. The molecule has 2 aromatic heterocycles. The highest BCUT2D eigenvalue weighted by Crippen LogP contribution is 2.27. The van der Waals surface area contributed by atoms with Gasteiger partial charge in [-0.05, 0) is 23.6 Å². The van der Waals surface area contributed by atoms with Crippen LogP contribution in [0, 0.1) is 0 Å². The lowest BCUT2D eigenvalue weighted by atomic mass is 10.4. The summed E-state index contributed by atoms with van der Waals surface area (Å²) < 4.78 is 6.33. The predicted molar refractivity (Wildman–Crippen MR) is 59.5 cm³/mol. The zero-order chi connectivity index (χ0) is 10.7. The van der Waals surface area contributed by atoms with Crippen molar-refractivity contribution in [3.63, 3.8) is 0 Å². The maximum Gasteiger partial charge on any atom is 0.371 e. The van der Waals surface area contributed by atoms with Crippen LogP contribution in [-0.4, -0.2) is 11.1 Å². The van der Waals surface area contributed by atoms with Crippen LogP contribution in [0.15, 0.2) is 38.3 Å². The van der Waals surface area contributed by atoms with Crippen LogP contribution in [0.1, 0.15) is 16.3 Å². The Balaban J connectivity index is 1.96. The van der Waals surface area contributed by atoms with Crippen LogP contribution in [0.4, 0.5) is 0 Å². The van der Waals surface area contributed by atoms with Crippen molar-refractivity contribution >= 4 is 29.1 Å². The minimum atomic E-state index is -1.03. The molecule has 0 aliphatic rings. The highest BCUT2D eigenvalue weighted by molar-refractivity contribution is 8.00. The summed E-state index contributed by atoms with van der Waals surface area (Å²) in [6, 6.07) is 7.19. The van der Waals surface area contributed by atoms with E-state index in [1.54, 1.807) is 29.2 Å². The first-order valence-electron chi connectivity index (χ1n) is 4.24. The van der Waals surface area contributed by atoms with Gasteiger partial charge in [0.1, 0.15) is 5.76 Å². The van der Waals surface area contributed by atoms with Gasteiger partial charge in [-0.3, -0.25) is 0 Å². The molecule has 0 aromatic carbocycles. The summed E-state index contributed by atoms with van der Waals surface area (Å²) in [5.41, 5.74) is 0. The summed E-state index contributed by atoms with van der Waals surface area (Å²) >= 11 is 3.30. The fraction of sp³-hybridized carbons (Fsp3) is 0.100. The number of hydrogen-bond donors (Lipinski definition) is 1. The van der Waals surface area contributed by atoms with Crippen LogP contribution in [0.3, 0.4) is 0 Å². The molecule has 2 rings (SSSR count). The third-order valence-corrected chi connectivity index (χ3v) is 3.88. The first-order valence-corrected chi connectivity index (χ1v) is 6.10. The van der Waals surface area contributed by atoms with Gasteiger partial charge in [0.2, 0.25) is 5.76 Å². The van der Waals surface area contributed by atoms with Crippen LogP contribution in [-0.2, 0) is 5.75 Å². The van der Waals surface area contributed by atoms with Gasteiger partial charge in [-0.2, -0.15) is 0 Å². The molecule has 15 heavy (non-hydrogen) atoms. The monoisotopic (exact) mass is 240 g/mol. The topological polar surface area (TPSA) is 50.4 Å². The number of furan rings is 1. The molecule has 5 heteroatoms. The van der Waals surface area contributed by atoms with Crippen LogP contribution in [0.5, 0.6) is 0 Å². The van der Waals surface area contributed by atoms with Crippen molar-refractivity contribution in [3.05, 3.63) is 41.2 Å². The van der Waals surface area contributed by atoms with E-state index in [0.29, 0.717) is 11.5 Å². The Morgan fingerprint density at radius 3 is 2.93 bits per heavy atom. The maximum absolute atomic E-state index is 10.5. The Bertz CT molecular complexity index is 445. The van der Waals surface area contributed by atoms with Gasteiger partial charge in [0.05, 0.1) is 9.96 Å². The van der Waals surface area contributed by atoms with Gasteiger partial charge in [-0.25, -0.2) is 4.79 Å². The molecule has 0 atom stereocenters. The predicted octanol–water partition coefficient (Wildman–Crippen LogP) is 3.33. The third-order valence-electron chi connectivity index (χ3n) is 1.72. The van der Waals surface area contributed by atoms with Gasteiger partial charge in [-0.15, -0.1) is 23.1 Å². The fourth-order valence-electron chi connectivity index (χ4n) is 1.06. The number of aromatic carboxylic acids is 1. The van der Waals surface area contributed by atoms with E-state index < -0.39 is 5.97 Å². The smallest absolute Gasteiger partial charge is 0.371 e. The summed E-state index contributed by atoms with van der Waals surface area (Å²) in [5, 5.41) is 10.7. The van der Waals surface area contributed by atoms with E-state index in [4.69, 9.17) is 9.52 Å². The zero-order valence-corrected chi connectivity index (χ0v) is 9.31. The Hall–Kier alpha value is -1.20. The van der Waals surface area contributed by atoms with E-state index in [1.165, 1.54) is 10.3 Å². The van der Waals surface area contributed by atoms with Gasteiger partial charge in [0.25, 0.3) is 0 Å². The highest BCUT2D eigenvalue weighted by atomic mass is 32.2. The molecular weight excluding hydrogens is 232 g/mol. The number of rotatable bonds is 4. The van der Waals surface area contributed by atoms with E-state index in [9.17, 15) is 4.79 Å². The second-order valence-electron chi connectivity index (χ2n) is 2.79. The minimum absolute atomic E-state index is 0.00298. The van der Waals surface area contributed by atoms with Crippen LogP contribution >= 0.6 is 23.1 Å². The Kier molecular flexibility index (Phi) is 3.13. The SMILES string of the molecule is O=C(O)c1ccc(CSc2cccs2)o1. The average molecular weight is 240 g/mol. The molecule has 0 aliphatic heterocycles. The molecule has 2 heterocycles. The molecule has 78 valence electrons. The third kappa shape index (κ3) is 2.64. The van der Waals surface area contributed by atoms with Gasteiger partial charge < -0.3 is 9.52 Å². The largest absolute Gasteiger partial charge is 0.475 e. The second-order valence-corrected chi connectivity index (χ2v) is 5.02. The van der Waals surface area contributed by atoms with Crippen LogP contribution in [0.25, 0.3) is 0 Å². The molecule has 0 amide bonds. The van der Waals surface area contributed by atoms with E-state index in [0.717, 1.165) is 0 Å². The number of carbonyl (C=O) groups is 1. The molecule has 0 aliphatic carbocycles. The average Bonchev–Trinajstić information content (AvgIpc) is 2.86. The van der Waals surface area contributed by atoms with Gasteiger partial charge in [0.15, 0.2) is 0 Å². The van der Waals surface area contributed by atoms with Gasteiger partial charge in [-0.1, -0.05) is 6.07 Å². The molecule has 0 bridgehead atoms. The molecule has 0 unspecified atom stereocenters. The Labute approximate surface area is 94.7 Å². The Morgan fingerprint density at radius 2 is 2.33 bits per heavy atom. The Morgan fingerprint density at radius 1 is 1.47 bits per heavy atom. The number of carboxylic acids is 1. The lowest BCUT2D eigenvalue weighted by molar-refractivity contribution is 0.0661. The summed E-state index contributed by atoms with van der Waals surface area (Å²) in [6.07, 6.45) is 0. The number of thiophene rings is 1. The van der Waals surface area contributed by atoms with Gasteiger partial charge >= 0.3 is 5.97 Å². The standard InChI is InChI=1S/C10H8O3S2/c11-10(12)8-4-3-7(13-8)6-15-9-2-1-5-14-9/h1-5H,6H2,(H,11,12). The molecule has 2 aromatic rings. The van der Waals surface area contributed by atoms with Crippen LogP contribution in [0.2, 0.25) is 0 Å². The molecule has 0 fully saturated rings. The first kappa shape index (κ1) is 10.3. The summed E-state index contributed by atoms with van der Waals surface area (Å²) in [5.74, 6) is 0.318. The first-order chi connectivity index (χ1) is 7.25. The number of carboxylic acid groups (broad SMARTS) is 1. The van der Waals surface area contributed by atoms with Crippen molar-refractivity contribution in [2.24, 2.45) is 0 Å². The molecule has 1 N–H and O–H groups in total. The van der Waals surface area contributed by atoms with E-state index in [-0.39, 0.29) is 5.76 Å².